The molecule has 0 fully saturated rings. The molecule has 0 amide bonds. The predicted molar refractivity (Wildman–Crippen MR) is 57.3 cm³/mol. The molecule has 0 saturated carbocycles. The average Bonchev–Trinajstić information content (AvgIpc) is 2.27. The zero-order chi connectivity index (χ0) is 12.1. The van der Waals surface area contributed by atoms with Crippen molar-refractivity contribution in [1.82, 2.24) is 0 Å². The summed E-state index contributed by atoms with van der Waals surface area (Å²) in [6.07, 6.45) is 1.35. The monoisotopic (exact) mass is 212 g/mol. The van der Waals surface area contributed by atoms with Crippen molar-refractivity contribution in [3.63, 3.8) is 0 Å². The molecule has 0 atom stereocenters. The number of hydrogen-bond donors (Lipinski definition) is 1. The fourth-order valence-electron chi connectivity index (χ4n) is 1.22. The van der Waals surface area contributed by atoms with Crippen LogP contribution in [0, 0.1) is 29.6 Å². The fourth-order valence-corrected chi connectivity index (χ4v) is 1.22. The van der Waals surface area contributed by atoms with Crippen LogP contribution in [0.4, 0.5) is 0 Å². The van der Waals surface area contributed by atoms with Crippen molar-refractivity contribution in [2.75, 3.05) is 0 Å². The summed E-state index contributed by atoms with van der Waals surface area (Å²) in [5.74, 6) is -1.02. The quantitative estimate of drug-likeness (QED) is 0.761. The van der Waals surface area contributed by atoms with Gasteiger partial charge in [0.25, 0.3) is 0 Å². The van der Waals surface area contributed by atoms with Crippen LogP contribution in [-0.4, -0.2) is 11.1 Å². The molecule has 0 bridgehead atoms. The van der Waals surface area contributed by atoms with E-state index in [-0.39, 0.29) is 11.1 Å². The van der Waals surface area contributed by atoms with E-state index in [0.29, 0.717) is 11.1 Å². The zero-order valence-electron chi connectivity index (χ0n) is 8.56. The second kappa shape index (κ2) is 4.77. The maximum atomic E-state index is 10.8. The second-order valence-electron chi connectivity index (χ2n) is 3.16. The van der Waals surface area contributed by atoms with Gasteiger partial charge in [0.1, 0.15) is 17.7 Å². The third-order valence-corrected chi connectivity index (χ3v) is 2.04. The lowest BCUT2D eigenvalue weighted by molar-refractivity contribution is 0.0696. The number of rotatable bonds is 2. The lowest BCUT2D eigenvalue weighted by Gasteiger charge is -2.01. The Hall–Kier alpha value is -2.59. The van der Waals surface area contributed by atoms with E-state index in [1.165, 1.54) is 12.1 Å². The second-order valence-corrected chi connectivity index (χ2v) is 3.16. The number of hydrogen-bond acceptors (Lipinski definition) is 3. The van der Waals surface area contributed by atoms with E-state index in [1.54, 1.807) is 31.2 Å². The van der Waals surface area contributed by atoms with E-state index in [9.17, 15) is 4.79 Å². The van der Waals surface area contributed by atoms with Crippen molar-refractivity contribution in [2.24, 2.45) is 0 Å². The predicted octanol–water partition coefficient (Wildman–Crippen LogP) is 2.12. The van der Waals surface area contributed by atoms with Crippen molar-refractivity contribution in [3.05, 3.63) is 40.5 Å². The van der Waals surface area contributed by atoms with E-state index >= 15 is 0 Å². The Morgan fingerprint density at radius 3 is 2.50 bits per heavy atom. The Balaban J connectivity index is 3.26. The SMILES string of the molecule is Cc1ccc(C=C(C#N)C#N)cc1C(=O)O. The molecule has 1 aromatic rings. The van der Waals surface area contributed by atoms with Crippen LogP contribution in [-0.2, 0) is 0 Å². The highest BCUT2D eigenvalue weighted by Crippen LogP contribution is 2.13. The van der Waals surface area contributed by atoms with Gasteiger partial charge in [0.2, 0.25) is 0 Å². The Morgan fingerprint density at radius 1 is 1.38 bits per heavy atom. The van der Waals surface area contributed by atoms with Gasteiger partial charge in [0.05, 0.1) is 5.56 Å². The molecule has 0 spiro atoms. The molecule has 0 aliphatic carbocycles. The van der Waals surface area contributed by atoms with Gasteiger partial charge in [-0.3, -0.25) is 0 Å². The van der Waals surface area contributed by atoms with Gasteiger partial charge in [-0.1, -0.05) is 12.1 Å². The molecule has 0 aliphatic heterocycles. The van der Waals surface area contributed by atoms with E-state index in [4.69, 9.17) is 15.6 Å². The Morgan fingerprint density at radius 2 is 2.00 bits per heavy atom. The summed E-state index contributed by atoms with van der Waals surface area (Å²) in [5, 5.41) is 26.0. The summed E-state index contributed by atoms with van der Waals surface area (Å²) in [7, 11) is 0. The van der Waals surface area contributed by atoms with Crippen LogP contribution < -0.4 is 0 Å². The first kappa shape index (κ1) is 11.5. The summed E-state index contributed by atoms with van der Waals surface area (Å²) in [4.78, 5) is 10.8. The molecule has 16 heavy (non-hydrogen) atoms. The highest BCUT2D eigenvalue weighted by Gasteiger charge is 2.07. The molecular formula is C12H8N2O2. The van der Waals surface area contributed by atoms with Gasteiger partial charge >= 0.3 is 5.97 Å². The number of carbonyl (C=O) groups is 1. The maximum absolute atomic E-state index is 10.8. The first-order valence-corrected chi connectivity index (χ1v) is 4.44. The van der Waals surface area contributed by atoms with Gasteiger partial charge in [-0.05, 0) is 30.2 Å². The van der Waals surface area contributed by atoms with Gasteiger partial charge in [0, 0.05) is 0 Å². The number of nitriles is 2. The molecule has 1 rings (SSSR count). The standard InChI is InChI=1S/C12H8N2O2/c1-8-2-3-9(4-10(6-13)7-14)5-11(8)12(15)16/h2-5H,1H3,(H,15,16). The molecule has 0 heterocycles. The highest BCUT2D eigenvalue weighted by molar-refractivity contribution is 5.90. The van der Waals surface area contributed by atoms with E-state index in [2.05, 4.69) is 0 Å². The molecular weight excluding hydrogens is 204 g/mol. The molecule has 0 aromatic heterocycles. The third-order valence-electron chi connectivity index (χ3n) is 2.04. The minimum Gasteiger partial charge on any atom is -0.478 e. The minimum absolute atomic E-state index is 0.0554. The third kappa shape index (κ3) is 2.46. The molecule has 0 saturated heterocycles. The van der Waals surface area contributed by atoms with Gasteiger partial charge in [-0.15, -0.1) is 0 Å². The number of carboxylic acids is 1. The van der Waals surface area contributed by atoms with Crippen molar-refractivity contribution in [2.45, 2.75) is 6.92 Å². The van der Waals surface area contributed by atoms with Gasteiger partial charge in [0.15, 0.2) is 0 Å². The van der Waals surface area contributed by atoms with Gasteiger partial charge < -0.3 is 5.11 Å². The van der Waals surface area contributed by atoms with Crippen molar-refractivity contribution < 1.29 is 9.90 Å². The van der Waals surface area contributed by atoms with Crippen LogP contribution in [0.1, 0.15) is 21.5 Å². The van der Waals surface area contributed by atoms with Crippen LogP contribution in [0.2, 0.25) is 0 Å². The fraction of sp³-hybridized carbons (Fsp3) is 0.0833. The van der Waals surface area contributed by atoms with E-state index in [1.807, 2.05) is 0 Å². The lowest BCUT2D eigenvalue weighted by atomic mass is 10.0. The lowest BCUT2D eigenvalue weighted by Crippen LogP contribution is -1.99. The first-order chi connectivity index (χ1) is 7.58. The molecule has 0 aliphatic rings. The number of allylic oxidation sites excluding steroid dienone is 1. The van der Waals surface area contributed by atoms with Crippen molar-refractivity contribution in [3.8, 4) is 12.1 Å². The largest absolute Gasteiger partial charge is 0.478 e. The zero-order valence-corrected chi connectivity index (χ0v) is 8.56. The molecule has 1 aromatic carbocycles. The summed E-state index contributed by atoms with van der Waals surface area (Å²) in [5.41, 5.74) is 1.28. The number of aromatic carboxylic acids is 1. The summed E-state index contributed by atoms with van der Waals surface area (Å²) in [6, 6.07) is 8.17. The Kier molecular flexibility index (Phi) is 3.42. The molecule has 4 heteroatoms. The normalized spacial score (nSPS) is 8.69. The van der Waals surface area contributed by atoms with Crippen LogP contribution in [0.3, 0.4) is 0 Å². The first-order valence-electron chi connectivity index (χ1n) is 4.44. The van der Waals surface area contributed by atoms with Crippen molar-refractivity contribution >= 4 is 12.0 Å². The van der Waals surface area contributed by atoms with Gasteiger partial charge in [-0.2, -0.15) is 10.5 Å². The highest BCUT2D eigenvalue weighted by atomic mass is 16.4. The van der Waals surface area contributed by atoms with Crippen LogP contribution >= 0.6 is 0 Å². The van der Waals surface area contributed by atoms with Crippen LogP contribution in [0.25, 0.3) is 6.08 Å². The van der Waals surface area contributed by atoms with E-state index in [0.717, 1.165) is 0 Å². The average molecular weight is 212 g/mol. The Labute approximate surface area is 92.7 Å². The molecule has 0 radical (unpaired) electrons. The van der Waals surface area contributed by atoms with E-state index < -0.39 is 5.97 Å². The number of carboxylic acid groups (broad SMARTS) is 1. The molecule has 78 valence electrons. The number of benzene rings is 1. The van der Waals surface area contributed by atoms with Crippen LogP contribution in [0.15, 0.2) is 23.8 Å². The molecule has 1 N–H and O–H groups in total. The van der Waals surface area contributed by atoms with Gasteiger partial charge in [-0.25, -0.2) is 4.79 Å². The number of nitrogens with zero attached hydrogens (tertiary/aromatic N) is 2. The summed E-state index contributed by atoms with van der Waals surface area (Å²) < 4.78 is 0. The Bertz CT molecular complexity index is 529. The van der Waals surface area contributed by atoms with Crippen molar-refractivity contribution in [1.29, 1.82) is 10.5 Å². The topological polar surface area (TPSA) is 84.9 Å². The smallest absolute Gasteiger partial charge is 0.335 e. The summed E-state index contributed by atoms with van der Waals surface area (Å²) >= 11 is 0. The summed E-state index contributed by atoms with van der Waals surface area (Å²) in [6.45, 7) is 1.69. The number of aryl methyl sites for hydroxylation is 1. The molecule has 4 nitrogen and oxygen atoms in total. The molecule has 0 unspecified atom stereocenters. The minimum atomic E-state index is -1.02. The van der Waals surface area contributed by atoms with Crippen LogP contribution in [0.5, 0.6) is 0 Å². The maximum Gasteiger partial charge on any atom is 0.335 e.